The number of hydrogen-bond donors (Lipinski definition) is 1. The van der Waals surface area contributed by atoms with Crippen LogP contribution in [0.15, 0.2) is 47.5 Å². The molecule has 15 heteroatoms. The molecule has 0 aliphatic carbocycles. The Morgan fingerprint density at radius 2 is 1.77 bits per heavy atom. The van der Waals surface area contributed by atoms with E-state index in [2.05, 4.69) is 9.88 Å². The summed E-state index contributed by atoms with van der Waals surface area (Å²) in [6.07, 6.45) is -3.18. The van der Waals surface area contributed by atoms with Crippen LogP contribution in [0.3, 0.4) is 0 Å². The largest absolute Gasteiger partial charge is 0.473 e. The summed E-state index contributed by atoms with van der Waals surface area (Å²) in [5, 5.41) is 8.88. The van der Waals surface area contributed by atoms with Gasteiger partial charge in [0.25, 0.3) is 5.56 Å². The first-order chi connectivity index (χ1) is 20.1. The number of hydrogen-bond acceptors (Lipinski definition) is 8. The predicted octanol–water partition coefficient (Wildman–Crippen LogP) is 3.05. The van der Waals surface area contributed by atoms with Gasteiger partial charge in [-0.15, -0.1) is 0 Å². The van der Waals surface area contributed by atoms with Gasteiger partial charge in [-0.25, -0.2) is 22.9 Å². The average molecular weight is 629 g/mol. The molecule has 2 aromatic carbocycles. The smallest absolute Gasteiger partial charge is 0.379 e. The van der Waals surface area contributed by atoms with E-state index in [9.17, 15) is 36.4 Å². The zero-order valence-corrected chi connectivity index (χ0v) is 24.4. The molecule has 2 heterocycles. The fourth-order valence-electron chi connectivity index (χ4n) is 4.80. The summed E-state index contributed by atoms with van der Waals surface area (Å²) in [5.74, 6) is -3.30. The molecule has 1 aliphatic rings. The molecule has 0 saturated carbocycles. The van der Waals surface area contributed by atoms with Crippen LogP contribution in [0.1, 0.15) is 18.9 Å². The van der Waals surface area contributed by atoms with Crippen LogP contribution >= 0.6 is 0 Å². The summed E-state index contributed by atoms with van der Waals surface area (Å²) >= 11 is 0. The summed E-state index contributed by atoms with van der Waals surface area (Å²) in [7, 11) is -4.14. The topological polar surface area (TPSA) is 122 Å². The Hall–Kier alpha value is -3.40. The molecule has 1 aromatic heterocycles. The maximum absolute atomic E-state index is 15.2. The highest BCUT2D eigenvalue weighted by molar-refractivity contribution is 7.92. The van der Waals surface area contributed by atoms with E-state index in [-0.39, 0.29) is 23.0 Å². The van der Waals surface area contributed by atoms with Crippen molar-refractivity contribution in [2.45, 2.75) is 37.2 Å². The van der Waals surface area contributed by atoms with Gasteiger partial charge in [0, 0.05) is 38.0 Å². The van der Waals surface area contributed by atoms with Crippen LogP contribution in [0, 0.1) is 5.82 Å². The lowest BCUT2D eigenvalue weighted by atomic mass is 10.0. The lowest BCUT2D eigenvalue weighted by molar-refractivity contribution is -0.216. The number of nitrogens with zero attached hydrogens (tertiary/aromatic N) is 4. The normalized spacial score (nSPS) is 16.3. The van der Waals surface area contributed by atoms with E-state index < -0.39 is 56.1 Å². The van der Waals surface area contributed by atoms with Crippen molar-refractivity contribution in [1.29, 1.82) is 0 Å². The average Bonchev–Trinajstić information content (AvgIpc) is 2.95. The molecule has 4 rings (SSSR count). The highest BCUT2D eigenvalue weighted by Gasteiger charge is 2.46. The standard InChI is InChI=1S/C28H32F4N4O6S/c1-27(43(2,40)41,17-36(39)26(38)28(30,31)32)8-10-35-18-33-24-16-21(23(29)15-22(24)25(35)37)20-5-3-19(4-6-20)7-9-34-11-13-42-14-12-34/h3-6,15-16,18,39H,7-14,17H2,1-2H3/t27-/m1/s1. The fraction of sp³-hybridized carbons (Fsp3) is 0.464. The fourth-order valence-corrected chi connectivity index (χ4v) is 5.61. The molecule has 234 valence electrons. The van der Waals surface area contributed by atoms with E-state index in [1.54, 1.807) is 12.1 Å². The van der Waals surface area contributed by atoms with Crippen LogP contribution in [0.2, 0.25) is 0 Å². The lowest BCUT2D eigenvalue weighted by Gasteiger charge is -2.31. The molecule has 1 N–H and O–H groups in total. The SMILES string of the molecule is C[C@@](CCn1cnc2cc(-c3ccc(CCN4CCOCC4)cc3)c(F)cc2c1=O)(CN(O)C(=O)C(F)(F)F)S(C)(=O)=O. The van der Waals surface area contributed by atoms with Crippen molar-refractivity contribution in [3.05, 3.63) is 64.5 Å². The molecular weight excluding hydrogens is 596 g/mol. The summed E-state index contributed by atoms with van der Waals surface area (Å²) < 4.78 is 82.6. The molecule has 0 bridgehead atoms. The van der Waals surface area contributed by atoms with E-state index in [0.717, 1.165) is 75.0 Å². The Morgan fingerprint density at radius 1 is 1.12 bits per heavy atom. The Bertz CT molecular complexity index is 1640. The number of benzene rings is 2. The minimum atomic E-state index is -5.42. The second kappa shape index (κ2) is 12.7. The molecule has 0 spiro atoms. The number of carbonyl (C=O) groups excluding carboxylic acids is 1. The third-order valence-corrected chi connectivity index (χ3v) is 9.86. The first kappa shape index (κ1) is 32.5. The number of fused-ring (bicyclic) bond motifs is 1. The van der Waals surface area contributed by atoms with E-state index in [4.69, 9.17) is 4.74 Å². The quantitative estimate of drug-likeness (QED) is 0.207. The minimum absolute atomic E-state index is 0.0806. The van der Waals surface area contributed by atoms with Crippen molar-refractivity contribution >= 4 is 26.6 Å². The van der Waals surface area contributed by atoms with Crippen LogP contribution in [0.25, 0.3) is 22.0 Å². The molecule has 1 amide bonds. The number of aromatic nitrogens is 2. The van der Waals surface area contributed by atoms with Gasteiger partial charge in [-0.1, -0.05) is 24.3 Å². The van der Waals surface area contributed by atoms with E-state index in [1.165, 1.54) is 6.07 Å². The maximum Gasteiger partial charge on any atom is 0.473 e. The van der Waals surface area contributed by atoms with E-state index in [0.29, 0.717) is 5.56 Å². The number of alkyl halides is 3. The highest BCUT2D eigenvalue weighted by atomic mass is 32.2. The van der Waals surface area contributed by atoms with Crippen LogP contribution in [0.5, 0.6) is 0 Å². The second-order valence-corrected chi connectivity index (χ2v) is 13.4. The molecule has 1 atom stereocenters. The van der Waals surface area contributed by atoms with Gasteiger partial charge in [0.15, 0.2) is 9.84 Å². The molecule has 10 nitrogen and oxygen atoms in total. The third-order valence-electron chi connectivity index (χ3n) is 7.74. The minimum Gasteiger partial charge on any atom is -0.379 e. The summed E-state index contributed by atoms with van der Waals surface area (Å²) in [5.41, 5.74) is 1.41. The Balaban J connectivity index is 1.51. The summed E-state index contributed by atoms with van der Waals surface area (Å²) in [6, 6.07) is 9.89. The Morgan fingerprint density at radius 3 is 2.37 bits per heavy atom. The van der Waals surface area contributed by atoms with Gasteiger partial charge in [0.05, 0.1) is 41.7 Å². The van der Waals surface area contributed by atoms with Gasteiger partial charge < -0.3 is 4.74 Å². The molecule has 0 unspecified atom stereocenters. The number of morpholine rings is 1. The highest BCUT2D eigenvalue weighted by Crippen LogP contribution is 2.28. The lowest BCUT2D eigenvalue weighted by Crippen LogP contribution is -2.51. The number of hydroxylamine groups is 2. The van der Waals surface area contributed by atoms with Crippen LogP contribution in [-0.4, -0.2) is 95.6 Å². The number of ether oxygens (including phenoxy) is 1. The van der Waals surface area contributed by atoms with Gasteiger partial charge in [0.1, 0.15) is 5.82 Å². The predicted molar refractivity (Wildman–Crippen MR) is 150 cm³/mol. The molecule has 1 fully saturated rings. The van der Waals surface area contributed by atoms with Gasteiger partial charge in [-0.05, 0) is 43.0 Å². The second-order valence-electron chi connectivity index (χ2n) is 10.8. The van der Waals surface area contributed by atoms with Gasteiger partial charge in [0.2, 0.25) is 0 Å². The number of sulfone groups is 1. The zero-order chi connectivity index (χ0) is 31.6. The molecule has 1 saturated heterocycles. The molecule has 3 aromatic rings. The van der Waals surface area contributed by atoms with Crippen LogP contribution < -0.4 is 5.56 Å². The third kappa shape index (κ3) is 7.58. The number of amides is 1. The summed E-state index contributed by atoms with van der Waals surface area (Å²) in [6.45, 7) is 3.60. The number of rotatable bonds is 10. The first-order valence-electron chi connectivity index (χ1n) is 13.4. The van der Waals surface area contributed by atoms with Crippen molar-refractivity contribution in [3.8, 4) is 11.1 Å². The molecule has 43 heavy (non-hydrogen) atoms. The molecule has 1 aliphatic heterocycles. The molecular formula is C28H32F4N4O6S. The van der Waals surface area contributed by atoms with Crippen molar-refractivity contribution in [2.75, 3.05) is 45.6 Å². The van der Waals surface area contributed by atoms with Crippen molar-refractivity contribution in [3.63, 3.8) is 0 Å². The Kier molecular flexibility index (Phi) is 9.59. The van der Waals surface area contributed by atoms with Crippen molar-refractivity contribution < 1.29 is 40.7 Å². The van der Waals surface area contributed by atoms with Crippen LogP contribution in [0.4, 0.5) is 17.6 Å². The number of carbonyl (C=O) groups is 1. The number of aryl methyl sites for hydroxylation is 1. The molecule has 0 radical (unpaired) electrons. The van der Waals surface area contributed by atoms with Gasteiger partial charge in [-0.3, -0.25) is 24.3 Å². The monoisotopic (exact) mass is 628 g/mol. The first-order valence-corrected chi connectivity index (χ1v) is 15.3. The van der Waals surface area contributed by atoms with Crippen molar-refractivity contribution in [1.82, 2.24) is 19.5 Å². The maximum atomic E-state index is 15.2. The van der Waals surface area contributed by atoms with Gasteiger partial charge in [-0.2, -0.15) is 13.2 Å². The number of halogens is 4. The van der Waals surface area contributed by atoms with Crippen molar-refractivity contribution in [2.24, 2.45) is 0 Å². The summed E-state index contributed by atoms with van der Waals surface area (Å²) in [4.78, 5) is 31.0. The van der Waals surface area contributed by atoms with E-state index in [1.807, 2.05) is 12.1 Å². The zero-order valence-electron chi connectivity index (χ0n) is 23.6. The van der Waals surface area contributed by atoms with E-state index >= 15 is 4.39 Å². The van der Waals surface area contributed by atoms with Crippen LogP contribution in [-0.2, 0) is 32.3 Å². The Labute approximate surface area is 245 Å². The van der Waals surface area contributed by atoms with Gasteiger partial charge >= 0.3 is 12.1 Å².